The van der Waals surface area contributed by atoms with Crippen LogP contribution in [-0.2, 0) is 48.7 Å². The monoisotopic (exact) mass is 359 g/mol. The van der Waals surface area contributed by atoms with E-state index in [2.05, 4.69) is 4.74 Å². The van der Waals surface area contributed by atoms with Crippen LogP contribution in [0.4, 0.5) is 0 Å². The van der Waals surface area contributed by atoms with Crippen molar-refractivity contribution in [1.29, 1.82) is 0 Å². The van der Waals surface area contributed by atoms with Crippen LogP contribution in [0.1, 0.15) is 13.8 Å². The Balaban J connectivity index is -0.00000112. The van der Waals surface area contributed by atoms with E-state index in [1.54, 1.807) is 0 Å². The predicted molar refractivity (Wildman–Crippen MR) is 59.3 cm³/mol. The van der Waals surface area contributed by atoms with Crippen LogP contribution in [0.2, 0.25) is 0 Å². The molecular weight excluding hydrogens is 348 g/mol. The minimum Gasteiger partial charge on any atom is 0 e. The fourth-order valence-electron chi connectivity index (χ4n) is 0.837. The topological polar surface area (TPSA) is 127 Å². The van der Waals surface area contributed by atoms with E-state index in [1.807, 2.05) is 5.32 Å². The molecule has 0 aromatic heterocycles. The first kappa shape index (κ1) is 23.5. The number of carbonyl (C=O) groups excluding carboxylic acids is 3. The minimum atomic E-state index is -4.48. The van der Waals surface area contributed by atoms with Crippen LogP contribution >= 0.6 is 0 Å². The van der Waals surface area contributed by atoms with Gasteiger partial charge in [-0.25, -0.2) is 4.79 Å². The van der Waals surface area contributed by atoms with E-state index < -0.39 is 39.8 Å². The van der Waals surface area contributed by atoms with Gasteiger partial charge in [0.1, 0.15) is 11.8 Å². The van der Waals surface area contributed by atoms with Gasteiger partial charge < -0.3 is 10.1 Å². The van der Waals surface area contributed by atoms with Gasteiger partial charge in [-0.15, -0.1) is 0 Å². The van der Waals surface area contributed by atoms with Crippen molar-refractivity contribution < 1.29 is 51.6 Å². The van der Waals surface area contributed by atoms with Gasteiger partial charge in [0, 0.05) is 33.3 Å². The Hall–Kier alpha value is 0.403. The molecule has 0 aliphatic heterocycles. The molecule has 0 fully saturated rings. The summed E-state index contributed by atoms with van der Waals surface area (Å²) in [5, 5.41) is 1.94. The van der Waals surface area contributed by atoms with Crippen molar-refractivity contribution in [1.82, 2.24) is 5.32 Å². The molecule has 0 rings (SSSR count). The van der Waals surface area contributed by atoms with E-state index in [-0.39, 0.29) is 57.2 Å². The first-order valence-electron chi connectivity index (χ1n) is 4.06. The Morgan fingerprint density at radius 3 is 2.00 bits per heavy atom. The molecule has 0 unspecified atom stereocenters. The number of nitrogens with one attached hydrogen (secondary N) is 1. The molecule has 0 radical (unpaired) electrons. The Morgan fingerprint density at radius 2 is 1.72 bits per heavy atom. The normalized spacial score (nSPS) is 11.3. The quantitative estimate of drug-likeness (QED) is 0.246. The third-order valence-corrected chi connectivity index (χ3v) is 2.04. The van der Waals surface area contributed by atoms with Crippen LogP contribution in [0.15, 0.2) is 0 Å². The molecule has 0 saturated carbocycles. The molecule has 0 saturated heterocycles. The third kappa shape index (κ3) is 12.8. The largest absolute Gasteiger partial charge is 0 e. The molecule has 0 heterocycles. The third-order valence-electron chi connectivity index (χ3n) is 1.28. The molecule has 1 atom stereocenters. The van der Waals surface area contributed by atoms with Crippen LogP contribution in [0.5, 0.6) is 0 Å². The second-order valence-corrected chi connectivity index (χ2v) is 4.41. The first-order valence-corrected chi connectivity index (χ1v) is 5.67. The van der Waals surface area contributed by atoms with Crippen molar-refractivity contribution in [2.45, 2.75) is 19.9 Å². The SMILES string of the molecule is CC(=O)N[C@H](CS(=O)(=O)O)C(=O)OC(C)=O.[CaH2].[Zn]. The maximum absolute atomic E-state index is 11.1. The number of amides is 1. The van der Waals surface area contributed by atoms with Gasteiger partial charge in [0.2, 0.25) is 5.91 Å². The number of hydrogen-bond donors (Lipinski definition) is 2. The van der Waals surface area contributed by atoms with Crippen molar-refractivity contribution in [2.24, 2.45) is 0 Å². The fourth-order valence-corrected chi connectivity index (χ4v) is 1.48. The van der Waals surface area contributed by atoms with Crippen molar-refractivity contribution in [3.8, 4) is 0 Å². The van der Waals surface area contributed by atoms with Crippen molar-refractivity contribution in [3.63, 3.8) is 0 Å². The molecule has 1 amide bonds. The van der Waals surface area contributed by atoms with Crippen LogP contribution in [-0.4, -0.2) is 80.3 Å². The summed E-state index contributed by atoms with van der Waals surface area (Å²) in [5.74, 6) is -3.95. The number of ether oxygens (including phenoxy) is 1. The van der Waals surface area contributed by atoms with E-state index in [4.69, 9.17) is 4.55 Å². The van der Waals surface area contributed by atoms with E-state index >= 15 is 0 Å². The number of hydrogen-bond acceptors (Lipinski definition) is 6. The zero-order chi connectivity index (χ0) is 12.9. The van der Waals surface area contributed by atoms with Gasteiger partial charge in [0.25, 0.3) is 10.1 Å². The summed E-state index contributed by atoms with van der Waals surface area (Å²) in [7, 11) is -4.48. The smallest absolute Gasteiger partial charge is 0 e. The summed E-state index contributed by atoms with van der Waals surface area (Å²) >= 11 is 0. The van der Waals surface area contributed by atoms with E-state index in [9.17, 15) is 22.8 Å². The second kappa shape index (κ2) is 10.2. The Bertz CT molecular complexity index is 410. The Labute approximate surface area is 147 Å². The van der Waals surface area contributed by atoms with Crippen LogP contribution in [0.25, 0.3) is 0 Å². The standard InChI is InChI=1S/C7H11NO7S.Ca.Zn.2H/c1-4(9)8-6(3-16(12,13)14)7(11)15-5(2)10;;;;/h6H,3H2,1-2H3,(H,8,9)(H,12,13,14);;;;/t6-;;;;/m1..../s1. The molecule has 11 heteroatoms. The maximum atomic E-state index is 11.1. The Morgan fingerprint density at radius 1 is 1.28 bits per heavy atom. The molecule has 0 bridgehead atoms. The van der Waals surface area contributed by atoms with Gasteiger partial charge in [-0.3, -0.25) is 14.1 Å². The second-order valence-electron chi connectivity index (χ2n) is 2.91. The molecule has 0 aromatic carbocycles. The van der Waals surface area contributed by atoms with Crippen molar-refractivity contribution >= 4 is 65.7 Å². The fraction of sp³-hybridized carbons (Fsp3) is 0.571. The van der Waals surface area contributed by atoms with Gasteiger partial charge in [0.05, 0.1) is 0 Å². The van der Waals surface area contributed by atoms with E-state index in [1.165, 1.54) is 0 Å². The van der Waals surface area contributed by atoms with Gasteiger partial charge in [-0.05, 0) is 0 Å². The molecule has 98 valence electrons. The number of carbonyl (C=O) groups is 3. The molecule has 0 aromatic rings. The van der Waals surface area contributed by atoms with Crippen molar-refractivity contribution in [2.75, 3.05) is 5.75 Å². The summed E-state index contributed by atoms with van der Waals surface area (Å²) in [6.07, 6.45) is 0. The van der Waals surface area contributed by atoms with Crippen molar-refractivity contribution in [3.05, 3.63) is 0 Å². The first-order chi connectivity index (χ1) is 7.11. The summed E-state index contributed by atoms with van der Waals surface area (Å²) in [4.78, 5) is 32.2. The predicted octanol–water partition coefficient (Wildman–Crippen LogP) is -2.45. The van der Waals surface area contributed by atoms with Crippen LogP contribution in [0, 0.1) is 0 Å². The summed E-state index contributed by atoms with van der Waals surface area (Å²) in [6.45, 7) is 1.98. The molecular formula is C7H13CaNO7SZn. The van der Waals surface area contributed by atoms with E-state index in [0.717, 1.165) is 13.8 Å². The minimum absolute atomic E-state index is 0. The molecule has 2 N–H and O–H groups in total. The Kier molecular flexibility index (Phi) is 13.3. The van der Waals surface area contributed by atoms with Gasteiger partial charge in [-0.1, -0.05) is 0 Å². The zero-order valence-electron chi connectivity index (χ0n) is 9.30. The molecule has 0 aliphatic carbocycles. The van der Waals surface area contributed by atoms with E-state index in [0.29, 0.717) is 0 Å². The summed E-state index contributed by atoms with van der Waals surface area (Å²) in [5.41, 5.74) is 0. The average molecular weight is 361 g/mol. The van der Waals surface area contributed by atoms with Crippen LogP contribution in [0.3, 0.4) is 0 Å². The van der Waals surface area contributed by atoms with Gasteiger partial charge in [-0.2, -0.15) is 8.42 Å². The average Bonchev–Trinajstić information content (AvgIpc) is 1.97. The number of esters is 2. The molecule has 0 aliphatic rings. The molecule has 8 nitrogen and oxygen atoms in total. The summed E-state index contributed by atoms with van der Waals surface area (Å²) in [6, 6.07) is -1.61. The molecule has 0 spiro atoms. The van der Waals surface area contributed by atoms with Gasteiger partial charge in [0.15, 0.2) is 0 Å². The van der Waals surface area contributed by atoms with Gasteiger partial charge >= 0.3 is 49.7 Å². The van der Waals surface area contributed by atoms with Crippen LogP contribution < -0.4 is 5.32 Å². The maximum Gasteiger partial charge on any atom is 0 e. The zero-order valence-corrected chi connectivity index (χ0v) is 13.1. The molecule has 18 heavy (non-hydrogen) atoms. The number of rotatable bonds is 4. The summed E-state index contributed by atoms with van der Waals surface area (Å²) < 4.78 is 33.7.